The first-order valence-electron chi connectivity index (χ1n) is 6.30. The molecule has 3 heterocycles. The van der Waals surface area contributed by atoms with Crippen LogP contribution in [0.1, 0.15) is 5.69 Å². The lowest BCUT2D eigenvalue weighted by Crippen LogP contribution is -2.46. The van der Waals surface area contributed by atoms with Gasteiger partial charge in [-0.05, 0) is 11.4 Å². The van der Waals surface area contributed by atoms with E-state index in [2.05, 4.69) is 10.3 Å². The summed E-state index contributed by atoms with van der Waals surface area (Å²) in [6.07, 6.45) is 1.89. The Morgan fingerprint density at radius 3 is 3.05 bits per heavy atom. The minimum Gasteiger partial charge on any atom is -0.444 e. The van der Waals surface area contributed by atoms with E-state index in [0.717, 1.165) is 31.1 Å². The van der Waals surface area contributed by atoms with Crippen LogP contribution >= 0.6 is 11.3 Å². The molecule has 1 saturated heterocycles. The highest BCUT2D eigenvalue weighted by molar-refractivity contribution is 7.13. The molecular weight excluding hydrogens is 262 g/mol. The van der Waals surface area contributed by atoms with Gasteiger partial charge in [-0.25, -0.2) is 4.98 Å². The SMILES string of the molecule is O=C(Cc1coc(-c2cccs2)n1)N1CCNCC1. The summed E-state index contributed by atoms with van der Waals surface area (Å²) in [5.74, 6) is 0.714. The van der Waals surface area contributed by atoms with Crippen molar-refractivity contribution in [3.05, 3.63) is 29.5 Å². The van der Waals surface area contributed by atoms with E-state index in [1.807, 2.05) is 22.4 Å². The summed E-state index contributed by atoms with van der Waals surface area (Å²) in [6.45, 7) is 3.28. The Labute approximate surface area is 115 Å². The lowest BCUT2D eigenvalue weighted by Gasteiger charge is -2.27. The molecule has 100 valence electrons. The molecule has 0 radical (unpaired) electrons. The van der Waals surface area contributed by atoms with Crippen molar-refractivity contribution in [1.29, 1.82) is 0 Å². The molecule has 0 aromatic carbocycles. The topological polar surface area (TPSA) is 58.4 Å². The first-order valence-corrected chi connectivity index (χ1v) is 7.17. The van der Waals surface area contributed by atoms with E-state index >= 15 is 0 Å². The van der Waals surface area contributed by atoms with E-state index in [0.29, 0.717) is 18.0 Å². The van der Waals surface area contributed by atoms with Gasteiger partial charge in [-0.1, -0.05) is 6.07 Å². The average Bonchev–Trinajstić information content (AvgIpc) is 3.10. The summed E-state index contributed by atoms with van der Waals surface area (Å²) in [5, 5.41) is 5.21. The minimum atomic E-state index is 0.118. The molecule has 0 saturated carbocycles. The van der Waals surface area contributed by atoms with E-state index in [9.17, 15) is 4.79 Å². The van der Waals surface area contributed by atoms with Crippen LogP contribution in [0.5, 0.6) is 0 Å². The first-order chi connectivity index (χ1) is 9.33. The van der Waals surface area contributed by atoms with Gasteiger partial charge in [0.05, 0.1) is 17.0 Å². The van der Waals surface area contributed by atoms with E-state index in [1.54, 1.807) is 17.6 Å². The van der Waals surface area contributed by atoms with Crippen molar-refractivity contribution >= 4 is 17.2 Å². The van der Waals surface area contributed by atoms with Gasteiger partial charge in [0.2, 0.25) is 11.8 Å². The van der Waals surface area contributed by atoms with Crippen LogP contribution in [0.4, 0.5) is 0 Å². The third-order valence-electron chi connectivity index (χ3n) is 3.09. The molecule has 2 aromatic heterocycles. The molecule has 0 bridgehead atoms. The van der Waals surface area contributed by atoms with Crippen LogP contribution in [0.15, 0.2) is 28.2 Å². The third-order valence-corrected chi connectivity index (χ3v) is 3.94. The smallest absolute Gasteiger partial charge is 0.236 e. The van der Waals surface area contributed by atoms with Crippen LogP contribution in [0, 0.1) is 0 Å². The van der Waals surface area contributed by atoms with Crippen molar-refractivity contribution in [2.75, 3.05) is 26.2 Å². The number of hydrogen-bond donors (Lipinski definition) is 1. The van der Waals surface area contributed by atoms with Crippen molar-refractivity contribution < 1.29 is 9.21 Å². The maximum Gasteiger partial charge on any atom is 0.236 e. The fourth-order valence-electron chi connectivity index (χ4n) is 2.08. The van der Waals surface area contributed by atoms with E-state index in [1.165, 1.54) is 0 Å². The monoisotopic (exact) mass is 277 g/mol. The van der Waals surface area contributed by atoms with Crippen LogP contribution in [-0.2, 0) is 11.2 Å². The summed E-state index contributed by atoms with van der Waals surface area (Å²) in [6, 6.07) is 3.91. The maximum atomic E-state index is 12.1. The highest BCUT2D eigenvalue weighted by Gasteiger charge is 2.18. The quantitative estimate of drug-likeness (QED) is 0.921. The highest BCUT2D eigenvalue weighted by atomic mass is 32.1. The van der Waals surface area contributed by atoms with Gasteiger partial charge in [-0.2, -0.15) is 0 Å². The Kier molecular flexibility index (Phi) is 3.61. The predicted octanol–water partition coefficient (Wildman–Crippen LogP) is 1.38. The number of nitrogens with one attached hydrogen (secondary N) is 1. The average molecular weight is 277 g/mol. The summed E-state index contributed by atoms with van der Waals surface area (Å²) in [7, 11) is 0. The van der Waals surface area contributed by atoms with Gasteiger partial charge in [-0.15, -0.1) is 11.3 Å². The number of piperazine rings is 1. The van der Waals surface area contributed by atoms with Gasteiger partial charge in [-0.3, -0.25) is 4.79 Å². The third kappa shape index (κ3) is 2.85. The van der Waals surface area contributed by atoms with Crippen LogP contribution in [-0.4, -0.2) is 42.0 Å². The minimum absolute atomic E-state index is 0.118. The van der Waals surface area contributed by atoms with Crippen molar-refractivity contribution in [1.82, 2.24) is 15.2 Å². The van der Waals surface area contributed by atoms with Gasteiger partial charge in [0.1, 0.15) is 6.26 Å². The van der Waals surface area contributed by atoms with Gasteiger partial charge in [0, 0.05) is 26.2 Å². The normalized spacial score (nSPS) is 15.7. The fourth-order valence-corrected chi connectivity index (χ4v) is 2.74. The van der Waals surface area contributed by atoms with E-state index in [4.69, 9.17) is 4.42 Å². The standard InChI is InChI=1S/C13H15N3O2S/c17-12(16-5-3-14-4-6-16)8-10-9-18-13(15-10)11-2-1-7-19-11/h1-2,7,9,14H,3-6,8H2. The molecule has 1 N–H and O–H groups in total. The Hall–Kier alpha value is -1.66. The second-order valence-corrected chi connectivity index (χ2v) is 5.38. The first kappa shape index (κ1) is 12.4. The molecule has 0 unspecified atom stereocenters. The maximum absolute atomic E-state index is 12.1. The second kappa shape index (κ2) is 5.54. The Bertz CT molecular complexity index is 544. The number of aromatic nitrogens is 1. The molecule has 6 heteroatoms. The number of carbonyl (C=O) groups excluding carboxylic acids is 1. The molecule has 5 nitrogen and oxygen atoms in total. The Morgan fingerprint density at radius 2 is 2.32 bits per heavy atom. The second-order valence-electron chi connectivity index (χ2n) is 4.43. The van der Waals surface area contributed by atoms with Crippen molar-refractivity contribution in [3.63, 3.8) is 0 Å². The van der Waals surface area contributed by atoms with E-state index in [-0.39, 0.29) is 5.91 Å². The van der Waals surface area contributed by atoms with Crippen molar-refractivity contribution in [3.8, 4) is 10.8 Å². The number of oxazole rings is 1. The Morgan fingerprint density at radius 1 is 1.47 bits per heavy atom. The summed E-state index contributed by atoms with van der Waals surface area (Å²) in [4.78, 5) is 19.3. The molecule has 1 aliphatic heterocycles. The van der Waals surface area contributed by atoms with Crippen LogP contribution in [0.2, 0.25) is 0 Å². The highest BCUT2D eigenvalue weighted by Crippen LogP contribution is 2.23. The number of rotatable bonds is 3. The molecule has 0 aliphatic carbocycles. The molecule has 0 spiro atoms. The van der Waals surface area contributed by atoms with Gasteiger partial charge in [0.15, 0.2) is 0 Å². The molecule has 0 atom stereocenters. The molecule has 1 amide bonds. The number of nitrogens with zero attached hydrogens (tertiary/aromatic N) is 2. The summed E-state index contributed by atoms with van der Waals surface area (Å²) >= 11 is 1.58. The lowest BCUT2D eigenvalue weighted by molar-refractivity contribution is -0.131. The largest absolute Gasteiger partial charge is 0.444 e. The fraction of sp³-hybridized carbons (Fsp3) is 0.385. The summed E-state index contributed by atoms with van der Waals surface area (Å²) in [5.41, 5.74) is 0.701. The summed E-state index contributed by atoms with van der Waals surface area (Å²) < 4.78 is 5.41. The zero-order valence-electron chi connectivity index (χ0n) is 10.5. The number of carbonyl (C=O) groups is 1. The van der Waals surface area contributed by atoms with Gasteiger partial charge < -0.3 is 14.6 Å². The molecule has 3 rings (SSSR count). The van der Waals surface area contributed by atoms with Crippen molar-refractivity contribution in [2.24, 2.45) is 0 Å². The van der Waals surface area contributed by atoms with E-state index < -0.39 is 0 Å². The van der Waals surface area contributed by atoms with Crippen LogP contribution in [0.3, 0.4) is 0 Å². The van der Waals surface area contributed by atoms with Gasteiger partial charge in [0.25, 0.3) is 0 Å². The molecule has 2 aromatic rings. The van der Waals surface area contributed by atoms with Crippen LogP contribution in [0.25, 0.3) is 10.8 Å². The molecule has 1 fully saturated rings. The van der Waals surface area contributed by atoms with Crippen LogP contribution < -0.4 is 5.32 Å². The molecular formula is C13H15N3O2S. The zero-order chi connectivity index (χ0) is 13.1. The predicted molar refractivity (Wildman–Crippen MR) is 73.0 cm³/mol. The number of hydrogen-bond acceptors (Lipinski definition) is 5. The Balaban J connectivity index is 1.65. The van der Waals surface area contributed by atoms with Gasteiger partial charge >= 0.3 is 0 Å². The number of thiophene rings is 1. The molecule has 19 heavy (non-hydrogen) atoms. The lowest BCUT2D eigenvalue weighted by atomic mass is 10.2. The number of amides is 1. The molecule has 1 aliphatic rings. The van der Waals surface area contributed by atoms with Crippen molar-refractivity contribution in [2.45, 2.75) is 6.42 Å². The zero-order valence-corrected chi connectivity index (χ0v) is 11.3.